The number of nitrogens with one attached hydrogen (secondary N) is 1. The Labute approximate surface area is 139 Å². The van der Waals surface area contributed by atoms with Crippen LogP contribution >= 0.6 is 11.8 Å². The summed E-state index contributed by atoms with van der Waals surface area (Å²) in [5.41, 5.74) is 0.618. The lowest BCUT2D eigenvalue weighted by molar-refractivity contribution is -0.115. The second-order valence-electron chi connectivity index (χ2n) is 4.80. The van der Waals surface area contributed by atoms with Gasteiger partial charge in [-0.2, -0.15) is 0 Å². The first-order valence-electron chi connectivity index (χ1n) is 6.83. The van der Waals surface area contributed by atoms with E-state index in [9.17, 15) is 17.6 Å². The lowest BCUT2D eigenvalue weighted by Gasteiger charge is -2.07. The SMILES string of the molecule is CSc1ccc(NC(=O)CCS(=O)(=O)c2ccc(F)cc2)cc1. The van der Waals surface area contributed by atoms with E-state index >= 15 is 0 Å². The molecular formula is C16H16FNO3S2. The molecule has 4 nitrogen and oxygen atoms in total. The number of benzene rings is 2. The Morgan fingerprint density at radius 3 is 2.26 bits per heavy atom. The third-order valence-electron chi connectivity index (χ3n) is 3.14. The lowest BCUT2D eigenvalue weighted by Crippen LogP contribution is -2.17. The molecule has 1 N–H and O–H groups in total. The molecule has 2 aromatic rings. The summed E-state index contributed by atoms with van der Waals surface area (Å²) >= 11 is 1.59. The van der Waals surface area contributed by atoms with E-state index in [-0.39, 0.29) is 23.0 Å². The Morgan fingerprint density at radius 1 is 1.09 bits per heavy atom. The van der Waals surface area contributed by atoms with Crippen LogP contribution in [-0.2, 0) is 14.6 Å². The van der Waals surface area contributed by atoms with E-state index in [2.05, 4.69) is 5.32 Å². The van der Waals surface area contributed by atoms with E-state index in [1.807, 2.05) is 18.4 Å². The van der Waals surface area contributed by atoms with Gasteiger partial charge in [-0.1, -0.05) is 0 Å². The van der Waals surface area contributed by atoms with Gasteiger partial charge in [0, 0.05) is 17.0 Å². The maximum atomic E-state index is 12.8. The van der Waals surface area contributed by atoms with E-state index in [0.717, 1.165) is 17.0 Å². The van der Waals surface area contributed by atoms with E-state index in [1.54, 1.807) is 23.9 Å². The van der Waals surface area contributed by atoms with E-state index in [4.69, 9.17) is 0 Å². The van der Waals surface area contributed by atoms with E-state index < -0.39 is 15.7 Å². The molecule has 122 valence electrons. The van der Waals surface area contributed by atoms with Crippen LogP contribution in [0.2, 0.25) is 0 Å². The minimum absolute atomic E-state index is 0.0102. The molecule has 1 amide bonds. The summed E-state index contributed by atoms with van der Waals surface area (Å²) in [4.78, 5) is 12.9. The van der Waals surface area contributed by atoms with E-state index in [1.165, 1.54) is 12.1 Å². The molecule has 0 aromatic heterocycles. The molecule has 0 bridgehead atoms. The fourth-order valence-electron chi connectivity index (χ4n) is 1.88. The van der Waals surface area contributed by atoms with Crippen LogP contribution < -0.4 is 5.32 Å². The zero-order valence-electron chi connectivity index (χ0n) is 12.5. The molecule has 0 saturated heterocycles. The molecule has 0 unspecified atom stereocenters. The van der Waals surface area contributed by atoms with Gasteiger partial charge in [-0.05, 0) is 54.8 Å². The van der Waals surface area contributed by atoms with Crippen molar-refractivity contribution in [3.8, 4) is 0 Å². The van der Waals surface area contributed by atoms with Gasteiger partial charge in [-0.3, -0.25) is 4.79 Å². The minimum Gasteiger partial charge on any atom is -0.326 e. The van der Waals surface area contributed by atoms with Crippen LogP contribution in [0, 0.1) is 5.82 Å². The first-order chi connectivity index (χ1) is 10.9. The lowest BCUT2D eigenvalue weighted by atomic mass is 10.3. The van der Waals surface area contributed by atoms with Crippen molar-refractivity contribution in [1.82, 2.24) is 0 Å². The standard InChI is InChI=1S/C16H16FNO3S2/c1-22-14-6-4-13(5-7-14)18-16(19)10-11-23(20,21)15-8-2-12(17)3-9-15/h2-9H,10-11H2,1H3,(H,18,19). The summed E-state index contributed by atoms with van der Waals surface area (Å²) in [5.74, 6) is -1.21. The summed E-state index contributed by atoms with van der Waals surface area (Å²) in [6, 6.07) is 11.8. The average molecular weight is 353 g/mol. The van der Waals surface area contributed by atoms with Gasteiger partial charge in [-0.25, -0.2) is 12.8 Å². The quantitative estimate of drug-likeness (QED) is 0.639. The van der Waals surface area contributed by atoms with Crippen LogP contribution in [0.25, 0.3) is 0 Å². The highest BCUT2D eigenvalue weighted by atomic mass is 32.2. The maximum Gasteiger partial charge on any atom is 0.225 e. The fourth-order valence-corrected chi connectivity index (χ4v) is 3.53. The van der Waals surface area contributed by atoms with Crippen molar-refractivity contribution in [2.24, 2.45) is 0 Å². The molecule has 0 atom stereocenters. The number of anilines is 1. The Hall–Kier alpha value is -1.86. The Balaban J connectivity index is 1.93. The molecule has 23 heavy (non-hydrogen) atoms. The molecule has 0 aliphatic heterocycles. The molecule has 0 saturated carbocycles. The summed E-state index contributed by atoms with van der Waals surface area (Å²) in [6.45, 7) is 0. The van der Waals surface area contributed by atoms with Gasteiger partial charge in [-0.15, -0.1) is 11.8 Å². The van der Waals surface area contributed by atoms with Crippen LogP contribution in [0.5, 0.6) is 0 Å². The molecule has 7 heteroatoms. The fraction of sp³-hybridized carbons (Fsp3) is 0.188. The van der Waals surface area contributed by atoms with Crippen molar-refractivity contribution in [1.29, 1.82) is 0 Å². The number of sulfone groups is 1. The number of hydrogen-bond donors (Lipinski definition) is 1. The number of rotatable bonds is 6. The van der Waals surface area contributed by atoms with Crippen molar-refractivity contribution >= 4 is 33.2 Å². The number of carbonyl (C=O) groups excluding carboxylic acids is 1. The largest absolute Gasteiger partial charge is 0.326 e. The number of halogens is 1. The highest BCUT2D eigenvalue weighted by Crippen LogP contribution is 2.18. The van der Waals surface area contributed by atoms with Gasteiger partial charge < -0.3 is 5.32 Å². The molecule has 2 rings (SSSR count). The van der Waals surface area contributed by atoms with Gasteiger partial charge in [0.05, 0.1) is 10.6 Å². The Kier molecular flexibility index (Phi) is 5.79. The third-order valence-corrected chi connectivity index (χ3v) is 5.62. The maximum absolute atomic E-state index is 12.8. The monoisotopic (exact) mass is 353 g/mol. The van der Waals surface area contributed by atoms with Gasteiger partial charge in [0.1, 0.15) is 5.82 Å². The molecule has 0 spiro atoms. The highest BCUT2D eigenvalue weighted by Gasteiger charge is 2.16. The Morgan fingerprint density at radius 2 is 1.70 bits per heavy atom. The van der Waals surface area contributed by atoms with Crippen LogP contribution in [0.15, 0.2) is 58.3 Å². The summed E-state index contributed by atoms with van der Waals surface area (Å²) in [6.07, 6.45) is 1.79. The predicted octanol–water partition coefficient (Wildman–Crippen LogP) is 3.35. The van der Waals surface area contributed by atoms with Gasteiger partial charge >= 0.3 is 0 Å². The van der Waals surface area contributed by atoms with Crippen molar-refractivity contribution < 1.29 is 17.6 Å². The minimum atomic E-state index is -3.61. The first kappa shape index (κ1) is 17.5. The van der Waals surface area contributed by atoms with E-state index in [0.29, 0.717) is 5.69 Å². The summed E-state index contributed by atoms with van der Waals surface area (Å²) in [7, 11) is -3.61. The zero-order valence-corrected chi connectivity index (χ0v) is 14.1. The van der Waals surface area contributed by atoms with Crippen LogP contribution in [-0.4, -0.2) is 26.3 Å². The summed E-state index contributed by atoms with van der Waals surface area (Å²) < 4.78 is 37.0. The van der Waals surface area contributed by atoms with Gasteiger partial charge in [0.2, 0.25) is 5.91 Å². The molecule has 0 heterocycles. The average Bonchev–Trinajstić information content (AvgIpc) is 2.54. The summed E-state index contributed by atoms with van der Waals surface area (Å²) in [5, 5.41) is 2.65. The Bertz CT molecular complexity index is 772. The molecule has 0 aliphatic rings. The number of amides is 1. The number of hydrogen-bond acceptors (Lipinski definition) is 4. The van der Waals surface area contributed by atoms with Crippen molar-refractivity contribution in [3.05, 3.63) is 54.3 Å². The number of thioether (sulfide) groups is 1. The molecule has 2 aromatic carbocycles. The highest BCUT2D eigenvalue weighted by molar-refractivity contribution is 7.98. The van der Waals surface area contributed by atoms with Crippen LogP contribution in [0.1, 0.15) is 6.42 Å². The topological polar surface area (TPSA) is 63.2 Å². The molecule has 0 radical (unpaired) electrons. The third kappa shape index (κ3) is 5.07. The van der Waals surface area contributed by atoms with Crippen molar-refractivity contribution in [2.75, 3.05) is 17.3 Å². The first-order valence-corrected chi connectivity index (χ1v) is 9.70. The van der Waals surface area contributed by atoms with Crippen LogP contribution in [0.4, 0.5) is 10.1 Å². The zero-order chi connectivity index (χ0) is 16.9. The van der Waals surface area contributed by atoms with Gasteiger partial charge in [0.15, 0.2) is 9.84 Å². The second kappa shape index (κ2) is 7.61. The molecule has 0 fully saturated rings. The van der Waals surface area contributed by atoms with Crippen molar-refractivity contribution in [3.63, 3.8) is 0 Å². The van der Waals surface area contributed by atoms with Gasteiger partial charge in [0.25, 0.3) is 0 Å². The molecule has 0 aliphatic carbocycles. The predicted molar refractivity (Wildman–Crippen MR) is 89.9 cm³/mol. The molecular weight excluding hydrogens is 337 g/mol. The van der Waals surface area contributed by atoms with Crippen molar-refractivity contribution in [2.45, 2.75) is 16.2 Å². The van der Waals surface area contributed by atoms with Crippen LogP contribution in [0.3, 0.4) is 0 Å². The second-order valence-corrected chi connectivity index (χ2v) is 7.79. The number of carbonyl (C=O) groups is 1. The smallest absolute Gasteiger partial charge is 0.225 e. The normalized spacial score (nSPS) is 11.2.